The summed E-state index contributed by atoms with van der Waals surface area (Å²) in [6.45, 7) is 0. The van der Waals surface area contributed by atoms with Gasteiger partial charge in [0.2, 0.25) is 6.41 Å². The van der Waals surface area contributed by atoms with Gasteiger partial charge in [-0.25, -0.2) is 5.84 Å². The molecule has 7 heteroatoms. The van der Waals surface area contributed by atoms with E-state index in [4.69, 9.17) is 4.79 Å². The summed E-state index contributed by atoms with van der Waals surface area (Å²) in [4.78, 5) is 8.94. The molecule has 2 aromatic carbocycles. The molecule has 1 aliphatic carbocycles. The fraction of sp³-hybridized carbons (Fsp3) is 0.250. The molecule has 1 amide bonds. The summed E-state index contributed by atoms with van der Waals surface area (Å²) < 4.78 is 39.3. The Morgan fingerprint density at radius 3 is 2.30 bits per heavy atom. The van der Waals surface area contributed by atoms with Gasteiger partial charge in [0.05, 0.1) is 5.56 Å². The van der Waals surface area contributed by atoms with Gasteiger partial charge >= 0.3 is 6.18 Å². The Morgan fingerprint density at radius 1 is 1.07 bits per heavy atom. The molecule has 0 unspecified atom stereocenters. The lowest BCUT2D eigenvalue weighted by molar-refractivity contribution is -0.137. The Morgan fingerprint density at radius 2 is 1.74 bits per heavy atom. The summed E-state index contributed by atoms with van der Waals surface area (Å²) in [6.07, 6.45) is 1.71. The first kappa shape index (κ1) is 20.5. The summed E-state index contributed by atoms with van der Waals surface area (Å²) in [6, 6.07) is 11.6. The van der Waals surface area contributed by atoms with Crippen LogP contribution in [0.15, 0.2) is 42.5 Å². The summed E-state index contributed by atoms with van der Waals surface area (Å²) in [5, 5.41) is 3.13. The minimum absolute atomic E-state index is 0.188. The third kappa shape index (κ3) is 5.59. The molecule has 144 valence electrons. The van der Waals surface area contributed by atoms with E-state index >= 15 is 0 Å². The molecule has 0 aromatic heterocycles. The molecule has 4 N–H and O–H groups in total. The highest BCUT2D eigenvalue weighted by atomic mass is 19.4. The quantitative estimate of drug-likeness (QED) is 0.238. The molecule has 2 aromatic rings. The Labute approximate surface area is 156 Å². The molecule has 3 rings (SSSR count). The third-order valence-corrected chi connectivity index (χ3v) is 4.19. The maximum Gasteiger partial charge on any atom is 0.416 e. The highest BCUT2D eigenvalue weighted by Crippen LogP contribution is 2.44. The first-order valence-corrected chi connectivity index (χ1v) is 8.47. The van der Waals surface area contributed by atoms with Gasteiger partial charge in [0, 0.05) is 18.3 Å². The van der Waals surface area contributed by atoms with Gasteiger partial charge in [0.15, 0.2) is 0 Å². The van der Waals surface area contributed by atoms with Crippen molar-refractivity contribution in [3.63, 3.8) is 0 Å². The van der Waals surface area contributed by atoms with E-state index in [1.807, 2.05) is 19.2 Å². The van der Waals surface area contributed by atoms with Gasteiger partial charge in [-0.15, -0.1) is 0 Å². The van der Waals surface area contributed by atoms with Crippen LogP contribution in [0.3, 0.4) is 0 Å². The number of anilines is 1. The predicted molar refractivity (Wildman–Crippen MR) is 102 cm³/mol. The summed E-state index contributed by atoms with van der Waals surface area (Å²) in [5.41, 5.74) is 4.46. The molecule has 1 saturated carbocycles. The molecule has 0 saturated heterocycles. The van der Waals surface area contributed by atoms with Crippen molar-refractivity contribution in [2.75, 3.05) is 12.4 Å². The monoisotopic (exact) mass is 377 g/mol. The smallest absolute Gasteiger partial charge is 0.388 e. The van der Waals surface area contributed by atoms with Gasteiger partial charge < -0.3 is 5.32 Å². The second-order valence-electron chi connectivity index (χ2n) is 6.04. The lowest BCUT2D eigenvalue weighted by Gasteiger charge is -2.12. The van der Waals surface area contributed by atoms with Gasteiger partial charge in [0.1, 0.15) is 0 Å². The number of halogens is 3. The lowest BCUT2D eigenvalue weighted by atomic mass is 9.99. The number of benzene rings is 2. The van der Waals surface area contributed by atoms with Crippen molar-refractivity contribution in [3.8, 4) is 0 Å². The summed E-state index contributed by atoms with van der Waals surface area (Å²) in [5.74, 6) is 4.94. The molecule has 0 atom stereocenters. The number of carbonyl (C=O) groups excluding carboxylic acids is 1. The Balaban J connectivity index is 0.000000596. The van der Waals surface area contributed by atoms with Crippen molar-refractivity contribution in [2.24, 2.45) is 5.84 Å². The zero-order valence-corrected chi connectivity index (χ0v) is 14.9. The molecule has 1 aliphatic rings. The molecule has 0 radical (unpaired) electrons. The Kier molecular flexibility index (Phi) is 7.01. The average molecular weight is 377 g/mol. The number of alkyl halides is 3. The molecule has 0 heterocycles. The van der Waals surface area contributed by atoms with Crippen molar-refractivity contribution in [2.45, 2.75) is 24.9 Å². The first-order chi connectivity index (χ1) is 12.9. The van der Waals surface area contributed by atoms with E-state index in [1.165, 1.54) is 17.7 Å². The number of nitrogens with two attached hydrogens (primary N) is 1. The van der Waals surface area contributed by atoms with Crippen LogP contribution in [-0.4, -0.2) is 13.5 Å². The van der Waals surface area contributed by atoms with E-state index in [-0.39, 0.29) is 5.56 Å². The van der Waals surface area contributed by atoms with Crippen LogP contribution < -0.4 is 16.6 Å². The van der Waals surface area contributed by atoms with Crippen molar-refractivity contribution in [1.82, 2.24) is 5.43 Å². The third-order valence-electron chi connectivity index (χ3n) is 4.19. The number of rotatable bonds is 5. The number of hydrogen-bond donors (Lipinski definition) is 3. The normalized spacial score (nSPS) is 13.7. The van der Waals surface area contributed by atoms with Crippen molar-refractivity contribution in [1.29, 1.82) is 0 Å². The van der Waals surface area contributed by atoms with Crippen LogP contribution in [0.4, 0.5) is 18.9 Å². The molecule has 0 bridgehead atoms. The minimum atomic E-state index is -4.34. The predicted octanol–water partition coefficient (Wildman–Crippen LogP) is 4.40. The maximum atomic E-state index is 13.1. The molecule has 27 heavy (non-hydrogen) atoms. The van der Waals surface area contributed by atoms with Crippen molar-refractivity contribution >= 4 is 24.2 Å². The van der Waals surface area contributed by atoms with Crippen LogP contribution in [0.1, 0.15) is 41.0 Å². The summed E-state index contributed by atoms with van der Waals surface area (Å²) >= 11 is 0. The molecule has 0 aliphatic heterocycles. The highest BCUT2D eigenvalue weighted by Gasteiger charge is 2.32. The zero-order valence-electron chi connectivity index (χ0n) is 14.9. The van der Waals surface area contributed by atoms with Crippen molar-refractivity contribution in [3.05, 3.63) is 64.7 Å². The molecular weight excluding hydrogens is 355 g/mol. The SMILES string of the molecule is CNc1cccc(C2CC2)c1/C=C/c1ccccc1C(F)(F)F.NNC=O. The fourth-order valence-corrected chi connectivity index (χ4v) is 2.81. The zero-order chi connectivity index (χ0) is 19.9. The van der Waals surface area contributed by atoms with Gasteiger partial charge in [-0.1, -0.05) is 42.5 Å². The van der Waals surface area contributed by atoms with E-state index in [0.717, 1.165) is 30.2 Å². The van der Waals surface area contributed by atoms with E-state index in [1.54, 1.807) is 23.6 Å². The van der Waals surface area contributed by atoms with Gasteiger partial charge in [-0.2, -0.15) is 13.2 Å². The molecule has 4 nitrogen and oxygen atoms in total. The lowest BCUT2D eigenvalue weighted by Crippen LogP contribution is -2.18. The first-order valence-electron chi connectivity index (χ1n) is 8.47. The molecule has 0 spiro atoms. The Hall–Kier alpha value is -2.80. The number of amides is 1. The summed E-state index contributed by atoms with van der Waals surface area (Å²) in [7, 11) is 1.83. The van der Waals surface area contributed by atoms with E-state index in [9.17, 15) is 13.2 Å². The van der Waals surface area contributed by atoms with Crippen molar-refractivity contribution < 1.29 is 18.0 Å². The van der Waals surface area contributed by atoms with E-state index < -0.39 is 11.7 Å². The fourth-order valence-electron chi connectivity index (χ4n) is 2.81. The number of nitrogens with one attached hydrogen (secondary N) is 2. The number of hydrazine groups is 1. The van der Waals surface area contributed by atoms with Crippen LogP contribution in [0.25, 0.3) is 12.2 Å². The van der Waals surface area contributed by atoms with Crippen LogP contribution in [0.5, 0.6) is 0 Å². The minimum Gasteiger partial charge on any atom is -0.388 e. The highest BCUT2D eigenvalue weighted by molar-refractivity contribution is 5.80. The van der Waals surface area contributed by atoms with Crippen LogP contribution in [0.2, 0.25) is 0 Å². The van der Waals surface area contributed by atoms with Crippen LogP contribution >= 0.6 is 0 Å². The maximum absolute atomic E-state index is 13.1. The van der Waals surface area contributed by atoms with Crippen LogP contribution in [-0.2, 0) is 11.0 Å². The second-order valence-corrected chi connectivity index (χ2v) is 6.04. The van der Waals surface area contributed by atoms with Gasteiger partial charge in [-0.05, 0) is 42.0 Å². The van der Waals surface area contributed by atoms with Crippen LogP contribution in [0, 0.1) is 0 Å². The standard InChI is InChI=1S/C19H18F3N.CH4N2O/c1-23-18-8-4-6-15(13-9-10-13)16(18)12-11-14-5-2-3-7-17(14)19(20,21)22;2-3-1-4/h2-8,11-13,23H,9-10H2,1H3;1H,2H2,(H,3,4)/b12-11+;. The van der Waals surface area contributed by atoms with Gasteiger partial charge in [0.25, 0.3) is 0 Å². The Bertz CT molecular complexity index is 799. The molecule has 1 fully saturated rings. The van der Waals surface area contributed by atoms with E-state index in [0.29, 0.717) is 12.3 Å². The topological polar surface area (TPSA) is 67.2 Å². The second kappa shape index (κ2) is 9.23. The average Bonchev–Trinajstić information content (AvgIpc) is 3.51. The van der Waals surface area contributed by atoms with Gasteiger partial charge in [-0.3, -0.25) is 10.2 Å². The molecular formula is C20H22F3N3O. The number of carbonyl (C=O) groups is 1. The van der Waals surface area contributed by atoms with E-state index in [2.05, 4.69) is 17.2 Å². The number of hydrogen-bond acceptors (Lipinski definition) is 3. The largest absolute Gasteiger partial charge is 0.416 e.